The Morgan fingerprint density at radius 1 is 1.19 bits per heavy atom. The number of alkyl halides is 3. The fourth-order valence-corrected chi connectivity index (χ4v) is 3.33. The molecule has 5 nitrogen and oxygen atoms in total. The lowest BCUT2D eigenvalue weighted by Gasteiger charge is -2.15. The van der Waals surface area contributed by atoms with Crippen molar-refractivity contribution >= 4 is 15.9 Å². The van der Waals surface area contributed by atoms with Crippen molar-refractivity contribution in [3.63, 3.8) is 0 Å². The molecule has 1 aliphatic rings. The van der Waals surface area contributed by atoms with Crippen LogP contribution < -0.4 is 4.18 Å². The summed E-state index contributed by atoms with van der Waals surface area (Å²) in [6.45, 7) is 4.76. The van der Waals surface area contributed by atoms with E-state index in [0.717, 1.165) is 38.2 Å². The topological polar surface area (TPSA) is 63.7 Å². The Kier molecular flexibility index (Phi) is 6.68. The highest BCUT2D eigenvalue weighted by Crippen LogP contribution is 2.28. The molecule has 0 amide bonds. The maximum absolute atomic E-state index is 12.3. The number of nitrogens with zero attached hydrogens (tertiary/aromatic N) is 1. The van der Waals surface area contributed by atoms with Crippen molar-refractivity contribution in [1.82, 2.24) is 4.90 Å². The number of carbonyl (C=O) groups is 1. The first-order valence-corrected chi connectivity index (χ1v) is 9.87. The fourth-order valence-electron chi connectivity index (χ4n) is 2.87. The highest BCUT2D eigenvalue weighted by Gasteiger charge is 2.48. The van der Waals surface area contributed by atoms with Gasteiger partial charge in [0.2, 0.25) is 0 Å². The number of rotatable bonds is 8. The Hall–Kier alpha value is -1.61. The van der Waals surface area contributed by atoms with Crippen LogP contribution in [0.5, 0.6) is 5.75 Å². The van der Waals surface area contributed by atoms with E-state index in [1.54, 1.807) is 6.92 Å². The van der Waals surface area contributed by atoms with Crippen LogP contribution in [0.3, 0.4) is 0 Å². The molecule has 1 saturated heterocycles. The van der Waals surface area contributed by atoms with Crippen LogP contribution in [0.1, 0.15) is 44.1 Å². The Bertz CT molecular complexity index is 711. The van der Waals surface area contributed by atoms with E-state index in [9.17, 15) is 26.4 Å². The summed E-state index contributed by atoms with van der Waals surface area (Å²) in [5.74, 6) is -0.817. The molecule has 0 aliphatic carbocycles. The molecule has 146 valence electrons. The number of carbonyl (C=O) groups excluding carboxylic acids is 1. The monoisotopic (exact) mass is 393 g/mol. The molecular weight excluding hydrogens is 371 g/mol. The van der Waals surface area contributed by atoms with Crippen molar-refractivity contribution in [1.29, 1.82) is 0 Å². The van der Waals surface area contributed by atoms with Gasteiger partial charge in [0.05, 0.1) is 0 Å². The molecule has 0 bridgehead atoms. The molecule has 0 radical (unpaired) electrons. The van der Waals surface area contributed by atoms with Crippen LogP contribution in [-0.2, 0) is 14.9 Å². The summed E-state index contributed by atoms with van der Waals surface area (Å²) >= 11 is 0. The van der Waals surface area contributed by atoms with Crippen molar-refractivity contribution < 1.29 is 30.6 Å². The third kappa shape index (κ3) is 5.44. The minimum atomic E-state index is -5.69. The summed E-state index contributed by atoms with van der Waals surface area (Å²) in [6, 6.07) is 5.05. The number of halogens is 3. The lowest BCUT2D eigenvalue weighted by atomic mass is 9.94. The van der Waals surface area contributed by atoms with Crippen molar-refractivity contribution in [2.75, 3.05) is 19.6 Å². The normalized spacial score (nSPS) is 17.2. The van der Waals surface area contributed by atoms with Gasteiger partial charge in [0.25, 0.3) is 0 Å². The Labute approximate surface area is 151 Å². The van der Waals surface area contributed by atoms with E-state index in [4.69, 9.17) is 0 Å². The second kappa shape index (κ2) is 8.39. The summed E-state index contributed by atoms with van der Waals surface area (Å²) in [7, 11) is -5.69. The van der Waals surface area contributed by atoms with E-state index in [2.05, 4.69) is 9.08 Å². The highest BCUT2D eigenvalue weighted by atomic mass is 32.2. The van der Waals surface area contributed by atoms with Crippen LogP contribution in [0.4, 0.5) is 13.2 Å². The summed E-state index contributed by atoms with van der Waals surface area (Å²) < 4.78 is 62.9. The van der Waals surface area contributed by atoms with Crippen LogP contribution in [0, 0.1) is 0 Å². The largest absolute Gasteiger partial charge is 0.534 e. The predicted molar refractivity (Wildman–Crippen MR) is 90.4 cm³/mol. The SMILES string of the molecule is C[C@@H](C(=O)CCCN1CCCC1)c1ccc(OS(=O)(=O)C(F)(F)F)cc1. The van der Waals surface area contributed by atoms with Crippen LogP contribution in [0.25, 0.3) is 0 Å². The first-order chi connectivity index (χ1) is 12.1. The van der Waals surface area contributed by atoms with Crippen molar-refractivity contribution in [2.45, 2.75) is 44.0 Å². The average Bonchev–Trinajstić information content (AvgIpc) is 3.07. The Morgan fingerprint density at radius 2 is 1.77 bits per heavy atom. The average molecular weight is 393 g/mol. The first-order valence-electron chi connectivity index (χ1n) is 8.46. The van der Waals surface area contributed by atoms with Gasteiger partial charge < -0.3 is 9.08 Å². The molecule has 0 spiro atoms. The molecule has 26 heavy (non-hydrogen) atoms. The molecule has 1 aromatic rings. The molecule has 1 atom stereocenters. The van der Waals surface area contributed by atoms with Gasteiger partial charge in [-0.2, -0.15) is 21.6 Å². The van der Waals surface area contributed by atoms with E-state index in [1.807, 2.05) is 0 Å². The third-order valence-electron chi connectivity index (χ3n) is 4.45. The van der Waals surface area contributed by atoms with Gasteiger partial charge in [0, 0.05) is 12.3 Å². The van der Waals surface area contributed by atoms with Gasteiger partial charge in [-0.05, 0) is 56.6 Å². The van der Waals surface area contributed by atoms with Gasteiger partial charge in [-0.1, -0.05) is 19.1 Å². The molecule has 0 N–H and O–H groups in total. The first kappa shape index (κ1) is 20.7. The highest BCUT2D eigenvalue weighted by molar-refractivity contribution is 7.88. The predicted octanol–water partition coefficient (Wildman–Crippen LogP) is 3.46. The van der Waals surface area contributed by atoms with E-state index in [0.29, 0.717) is 12.0 Å². The van der Waals surface area contributed by atoms with Crippen molar-refractivity contribution in [3.8, 4) is 5.75 Å². The lowest BCUT2D eigenvalue weighted by molar-refractivity contribution is -0.120. The minimum Gasteiger partial charge on any atom is -0.376 e. The van der Waals surface area contributed by atoms with Gasteiger partial charge in [0.15, 0.2) is 0 Å². The van der Waals surface area contributed by atoms with Crippen LogP contribution >= 0.6 is 0 Å². The van der Waals surface area contributed by atoms with Crippen LogP contribution in [0.15, 0.2) is 24.3 Å². The minimum absolute atomic E-state index is 0.0424. The molecule has 0 unspecified atom stereocenters. The molecule has 1 heterocycles. The number of ketones is 1. The number of likely N-dealkylation sites (tertiary alicyclic amines) is 1. The smallest absolute Gasteiger partial charge is 0.376 e. The number of hydrogen-bond donors (Lipinski definition) is 0. The van der Waals surface area contributed by atoms with Crippen molar-refractivity contribution in [2.24, 2.45) is 0 Å². The summed E-state index contributed by atoms with van der Waals surface area (Å²) in [6.07, 6.45) is 3.60. The quantitative estimate of drug-likeness (QED) is 0.500. The fraction of sp³-hybridized carbons (Fsp3) is 0.588. The lowest BCUT2D eigenvalue weighted by Crippen LogP contribution is -2.28. The molecule has 1 aromatic carbocycles. The number of Topliss-reactive ketones (excluding diaryl/α,β-unsaturated/α-hetero) is 1. The van der Waals surface area contributed by atoms with Gasteiger partial charge in [-0.25, -0.2) is 0 Å². The summed E-state index contributed by atoms with van der Waals surface area (Å²) in [5, 5.41) is 0. The van der Waals surface area contributed by atoms with E-state index in [1.165, 1.54) is 25.0 Å². The van der Waals surface area contributed by atoms with Crippen LogP contribution in [0.2, 0.25) is 0 Å². The molecule has 9 heteroatoms. The molecular formula is C17H22F3NO4S. The van der Waals surface area contributed by atoms with Crippen LogP contribution in [-0.4, -0.2) is 44.2 Å². The third-order valence-corrected chi connectivity index (χ3v) is 5.43. The standard InChI is InChI=1S/C17H22F3NO4S/c1-13(16(22)5-4-12-21-10-2-3-11-21)14-6-8-15(9-7-14)25-26(23,24)17(18,19)20/h6-9,13H,2-5,10-12H2,1H3/t13-/m1/s1. The summed E-state index contributed by atoms with van der Waals surface area (Å²) in [5.41, 5.74) is -4.88. The molecule has 0 saturated carbocycles. The van der Waals surface area contributed by atoms with Gasteiger partial charge >= 0.3 is 15.6 Å². The van der Waals surface area contributed by atoms with E-state index < -0.39 is 27.3 Å². The Morgan fingerprint density at radius 3 is 2.31 bits per heavy atom. The maximum Gasteiger partial charge on any atom is 0.534 e. The zero-order valence-corrected chi connectivity index (χ0v) is 15.3. The maximum atomic E-state index is 12.3. The van der Waals surface area contributed by atoms with Crippen molar-refractivity contribution in [3.05, 3.63) is 29.8 Å². The second-order valence-electron chi connectivity index (χ2n) is 6.39. The number of hydrogen-bond acceptors (Lipinski definition) is 5. The van der Waals surface area contributed by atoms with E-state index in [-0.39, 0.29) is 5.78 Å². The molecule has 1 fully saturated rings. The molecule has 0 aromatic heterocycles. The molecule has 2 rings (SSSR count). The van der Waals surface area contributed by atoms with E-state index >= 15 is 0 Å². The second-order valence-corrected chi connectivity index (χ2v) is 7.93. The van der Waals surface area contributed by atoms with Gasteiger partial charge in [-0.15, -0.1) is 0 Å². The molecule has 1 aliphatic heterocycles. The Balaban J connectivity index is 1.89. The zero-order valence-electron chi connectivity index (χ0n) is 14.5. The zero-order chi connectivity index (χ0) is 19.4. The van der Waals surface area contributed by atoms with Gasteiger partial charge in [0.1, 0.15) is 11.5 Å². The number of benzene rings is 1. The van der Waals surface area contributed by atoms with Gasteiger partial charge in [-0.3, -0.25) is 4.79 Å². The summed E-state index contributed by atoms with van der Waals surface area (Å²) in [4.78, 5) is 14.6.